The monoisotopic (exact) mass is 374 g/mol. The maximum atomic E-state index is 12.3. The highest BCUT2D eigenvalue weighted by Gasteiger charge is 2.21. The number of nitrogens with one attached hydrogen (secondary N) is 1. The van der Waals surface area contributed by atoms with E-state index in [0.717, 1.165) is 24.7 Å². The van der Waals surface area contributed by atoms with E-state index in [1.165, 1.54) is 29.8 Å². The average Bonchev–Trinajstić information content (AvgIpc) is 2.64. The highest BCUT2D eigenvalue weighted by atomic mass is 35.5. The zero-order valence-electron chi connectivity index (χ0n) is 14.1. The zero-order valence-corrected chi connectivity index (χ0v) is 14.9. The first-order chi connectivity index (χ1) is 12.5. The Hall–Kier alpha value is -2.64. The molecule has 2 aromatic rings. The Kier molecular flexibility index (Phi) is 5.70. The summed E-state index contributed by atoms with van der Waals surface area (Å²) in [6.07, 6.45) is 0. The fourth-order valence-electron chi connectivity index (χ4n) is 2.83. The summed E-state index contributed by atoms with van der Waals surface area (Å²) in [7, 11) is 0. The first-order valence-corrected chi connectivity index (χ1v) is 8.66. The van der Waals surface area contributed by atoms with Crippen molar-refractivity contribution < 1.29 is 9.72 Å². The van der Waals surface area contributed by atoms with Crippen LogP contribution in [-0.4, -0.2) is 46.9 Å². The van der Waals surface area contributed by atoms with E-state index in [-0.39, 0.29) is 11.7 Å². The van der Waals surface area contributed by atoms with Gasteiger partial charge in [-0.2, -0.15) is 0 Å². The minimum atomic E-state index is -0.467. The summed E-state index contributed by atoms with van der Waals surface area (Å²) in [6.45, 7) is 3.67. The molecule has 0 atom stereocenters. The van der Waals surface area contributed by atoms with Crippen molar-refractivity contribution in [2.24, 2.45) is 0 Å². The van der Waals surface area contributed by atoms with Crippen molar-refractivity contribution in [2.45, 2.75) is 6.54 Å². The van der Waals surface area contributed by atoms with Crippen LogP contribution in [0.25, 0.3) is 0 Å². The molecule has 136 valence electrons. The number of hydrogen-bond acceptors (Lipinski definition) is 4. The van der Waals surface area contributed by atoms with Crippen LogP contribution in [0.15, 0.2) is 48.5 Å². The SMILES string of the molecule is O=C(Nc1ccc([N+](=O)[O-])cc1)N1CCN(Cc2ccc(Cl)cc2)CC1. The van der Waals surface area contributed by atoms with E-state index >= 15 is 0 Å². The molecule has 7 nitrogen and oxygen atoms in total. The van der Waals surface area contributed by atoms with Crippen LogP contribution in [0.4, 0.5) is 16.2 Å². The van der Waals surface area contributed by atoms with E-state index in [2.05, 4.69) is 10.2 Å². The van der Waals surface area contributed by atoms with Gasteiger partial charge in [0.15, 0.2) is 0 Å². The second-order valence-electron chi connectivity index (χ2n) is 6.12. The standard InChI is InChI=1S/C18H19ClN4O3/c19-15-3-1-14(2-4-15)13-21-9-11-22(12-10-21)18(24)20-16-5-7-17(8-6-16)23(25)26/h1-8H,9-13H2,(H,20,24). The number of nitrogens with zero attached hydrogens (tertiary/aromatic N) is 3. The van der Waals surface area contributed by atoms with Gasteiger partial charge in [-0.15, -0.1) is 0 Å². The Morgan fingerprint density at radius 3 is 2.23 bits per heavy atom. The zero-order chi connectivity index (χ0) is 18.5. The van der Waals surface area contributed by atoms with Crippen molar-refractivity contribution in [3.8, 4) is 0 Å². The summed E-state index contributed by atoms with van der Waals surface area (Å²) >= 11 is 5.90. The maximum Gasteiger partial charge on any atom is 0.321 e. The molecule has 1 saturated heterocycles. The molecule has 1 aliphatic rings. The molecule has 2 aromatic carbocycles. The number of piperazine rings is 1. The van der Waals surface area contributed by atoms with Crippen molar-refractivity contribution in [3.63, 3.8) is 0 Å². The highest BCUT2D eigenvalue weighted by molar-refractivity contribution is 6.30. The Morgan fingerprint density at radius 1 is 1.04 bits per heavy atom. The number of benzene rings is 2. The van der Waals surface area contributed by atoms with E-state index in [9.17, 15) is 14.9 Å². The third-order valence-electron chi connectivity index (χ3n) is 4.31. The molecule has 0 aliphatic carbocycles. The van der Waals surface area contributed by atoms with Gasteiger partial charge in [0.2, 0.25) is 0 Å². The number of carbonyl (C=O) groups is 1. The third kappa shape index (κ3) is 4.71. The minimum absolute atomic E-state index is 0.00110. The van der Waals surface area contributed by atoms with Crippen LogP contribution in [0.3, 0.4) is 0 Å². The molecule has 1 aliphatic heterocycles. The molecule has 1 fully saturated rings. The summed E-state index contributed by atoms with van der Waals surface area (Å²) in [5.41, 5.74) is 1.74. The summed E-state index contributed by atoms with van der Waals surface area (Å²) in [5.74, 6) is 0. The van der Waals surface area contributed by atoms with E-state index in [4.69, 9.17) is 11.6 Å². The largest absolute Gasteiger partial charge is 0.322 e. The number of nitro benzene ring substituents is 1. The second-order valence-corrected chi connectivity index (χ2v) is 6.56. The van der Waals surface area contributed by atoms with Gasteiger partial charge in [0.25, 0.3) is 5.69 Å². The number of halogens is 1. The predicted molar refractivity (Wildman–Crippen MR) is 100 cm³/mol. The van der Waals surface area contributed by atoms with Crippen LogP contribution in [0, 0.1) is 10.1 Å². The van der Waals surface area contributed by atoms with Crippen LogP contribution >= 0.6 is 11.6 Å². The van der Waals surface area contributed by atoms with Gasteiger partial charge in [-0.25, -0.2) is 4.79 Å². The van der Waals surface area contributed by atoms with E-state index < -0.39 is 4.92 Å². The molecule has 3 rings (SSSR count). The van der Waals surface area contributed by atoms with Crippen LogP contribution in [-0.2, 0) is 6.54 Å². The van der Waals surface area contributed by atoms with Gasteiger partial charge in [-0.05, 0) is 29.8 Å². The fraction of sp³-hybridized carbons (Fsp3) is 0.278. The molecule has 0 bridgehead atoms. The number of urea groups is 1. The van der Waals surface area contributed by atoms with Crippen molar-refractivity contribution in [2.75, 3.05) is 31.5 Å². The molecule has 0 radical (unpaired) electrons. The van der Waals surface area contributed by atoms with Crippen molar-refractivity contribution in [1.29, 1.82) is 0 Å². The molecular weight excluding hydrogens is 356 g/mol. The smallest absolute Gasteiger partial charge is 0.321 e. The number of carbonyl (C=O) groups excluding carboxylic acids is 1. The van der Waals surface area contributed by atoms with Gasteiger partial charge >= 0.3 is 6.03 Å². The Bertz CT molecular complexity index is 772. The van der Waals surface area contributed by atoms with Crippen LogP contribution in [0.1, 0.15) is 5.56 Å². The molecule has 1 heterocycles. The van der Waals surface area contributed by atoms with Gasteiger partial charge in [-0.1, -0.05) is 23.7 Å². The van der Waals surface area contributed by atoms with Crippen LogP contribution in [0.5, 0.6) is 0 Å². The van der Waals surface area contributed by atoms with Crippen LogP contribution in [0.2, 0.25) is 5.02 Å². The molecule has 8 heteroatoms. The first kappa shape index (κ1) is 18.2. The molecule has 26 heavy (non-hydrogen) atoms. The van der Waals surface area contributed by atoms with Crippen molar-refractivity contribution in [1.82, 2.24) is 9.80 Å². The lowest BCUT2D eigenvalue weighted by Crippen LogP contribution is -2.49. The molecule has 1 N–H and O–H groups in total. The topological polar surface area (TPSA) is 78.7 Å². The first-order valence-electron chi connectivity index (χ1n) is 8.28. The lowest BCUT2D eigenvalue weighted by molar-refractivity contribution is -0.384. The summed E-state index contributed by atoms with van der Waals surface area (Å²) in [4.78, 5) is 26.6. The molecule has 2 amide bonds. The predicted octanol–water partition coefficient (Wildman–Crippen LogP) is 3.60. The Morgan fingerprint density at radius 2 is 1.65 bits per heavy atom. The Balaban J connectivity index is 1.48. The van der Waals surface area contributed by atoms with Crippen molar-refractivity contribution >= 4 is 29.0 Å². The number of nitro groups is 1. The molecule has 0 spiro atoms. The van der Waals surface area contributed by atoms with Crippen molar-refractivity contribution in [3.05, 3.63) is 69.2 Å². The van der Waals surface area contributed by atoms with Gasteiger partial charge in [0.05, 0.1) is 4.92 Å². The van der Waals surface area contributed by atoms with E-state index in [1.807, 2.05) is 24.3 Å². The second kappa shape index (κ2) is 8.16. The van der Waals surface area contributed by atoms with Gasteiger partial charge in [0.1, 0.15) is 0 Å². The number of non-ortho nitro benzene ring substituents is 1. The van der Waals surface area contributed by atoms with E-state index in [0.29, 0.717) is 18.8 Å². The number of hydrogen-bond donors (Lipinski definition) is 1. The molecule has 0 unspecified atom stereocenters. The van der Waals surface area contributed by atoms with Gasteiger partial charge < -0.3 is 10.2 Å². The average molecular weight is 375 g/mol. The number of amides is 2. The third-order valence-corrected chi connectivity index (χ3v) is 4.56. The minimum Gasteiger partial charge on any atom is -0.322 e. The molecular formula is C18H19ClN4O3. The quantitative estimate of drug-likeness (QED) is 0.655. The van der Waals surface area contributed by atoms with Crippen LogP contribution < -0.4 is 5.32 Å². The fourth-order valence-corrected chi connectivity index (χ4v) is 2.95. The highest BCUT2D eigenvalue weighted by Crippen LogP contribution is 2.17. The lowest BCUT2D eigenvalue weighted by atomic mass is 10.2. The summed E-state index contributed by atoms with van der Waals surface area (Å²) in [6, 6.07) is 13.4. The maximum absolute atomic E-state index is 12.3. The Labute approximate surface area is 156 Å². The number of rotatable bonds is 4. The normalized spacial score (nSPS) is 14.9. The summed E-state index contributed by atoms with van der Waals surface area (Å²) < 4.78 is 0. The molecule has 0 saturated carbocycles. The number of anilines is 1. The molecule has 0 aromatic heterocycles. The summed E-state index contributed by atoms with van der Waals surface area (Å²) in [5, 5.41) is 14.2. The van der Waals surface area contributed by atoms with Gasteiger partial charge in [0, 0.05) is 55.6 Å². The van der Waals surface area contributed by atoms with E-state index in [1.54, 1.807) is 4.90 Å². The van der Waals surface area contributed by atoms with Gasteiger partial charge in [-0.3, -0.25) is 15.0 Å². The lowest BCUT2D eigenvalue weighted by Gasteiger charge is -2.34.